The Kier molecular flexibility index (Phi) is 14.5. The molecule has 3 radical (unpaired) electrons. The summed E-state index contributed by atoms with van der Waals surface area (Å²) in [6.07, 6.45) is 15.5. The molecule has 2 aromatic rings. The first-order valence-corrected chi connectivity index (χ1v) is 15.4. The molecule has 1 amide bonds. The van der Waals surface area contributed by atoms with Gasteiger partial charge in [0.05, 0.1) is 6.61 Å². The molecule has 0 saturated carbocycles. The Morgan fingerprint density at radius 2 is 1.56 bits per heavy atom. The topological polar surface area (TPSA) is 38.8 Å². The second-order valence-corrected chi connectivity index (χ2v) is 10.8. The molecule has 0 bridgehead atoms. The number of carbonyl (C=O) groups excluding carboxylic acids is 1. The van der Waals surface area contributed by atoms with Gasteiger partial charge in [-0.2, -0.15) is 0 Å². The van der Waals surface area contributed by atoms with Crippen molar-refractivity contribution in [3.8, 4) is 0 Å². The maximum Gasteiger partial charge on any atom is 0.410 e. The average molecular weight is 533 g/mol. The van der Waals surface area contributed by atoms with Crippen LogP contribution in [-0.2, 0) is 16.1 Å². The molecule has 0 aliphatic carbocycles. The third kappa shape index (κ3) is 10.3. The lowest BCUT2D eigenvalue weighted by molar-refractivity contribution is 0.0284. The van der Waals surface area contributed by atoms with E-state index in [0.717, 1.165) is 63.4 Å². The van der Waals surface area contributed by atoms with Crippen molar-refractivity contribution >= 4 is 6.09 Å². The van der Waals surface area contributed by atoms with Crippen LogP contribution >= 0.6 is 0 Å². The molecule has 1 aliphatic heterocycles. The van der Waals surface area contributed by atoms with Gasteiger partial charge in [0.1, 0.15) is 6.10 Å². The number of hydrogen-bond donors (Lipinski definition) is 0. The van der Waals surface area contributed by atoms with E-state index in [4.69, 9.17) is 9.47 Å². The summed E-state index contributed by atoms with van der Waals surface area (Å²) in [6.45, 7) is 7.91. The first-order valence-electron chi connectivity index (χ1n) is 15.4. The van der Waals surface area contributed by atoms with Crippen LogP contribution in [0.5, 0.6) is 0 Å². The average Bonchev–Trinajstić information content (AvgIpc) is 2.97. The lowest BCUT2D eigenvalue weighted by atomic mass is 9.79. The molecule has 1 aliphatic rings. The molecule has 1 fully saturated rings. The molecule has 3 atom stereocenters. The van der Waals surface area contributed by atoms with Gasteiger partial charge in [0.2, 0.25) is 0 Å². The van der Waals surface area contributed by atoms with Gasteiger partial charge < -0.3 is 14.4 Å². The van der Waals surface area contributed by atoms with Gasteiger partial charge in [0.15, 0.2) is 0 Å². The molecule has 1 heterocycles. The summed E-state index contributed by atoms with van der Waals surface area (Å²) in [5, 5.41) is 0. The highest BCUT2D eigenvalue weighted by molar-refractivity contribution is 5.70. The highest BCUT2D eigenvalue weighted by Gasteiger charge is 2.41. The van der Waals surface area contributed by atoms with Crippen LogP contribution in [0.4, 0.5) is 4.79 Å². The number of benzene rings is 2. The van der Waals surface area contributed by atoms with Gasteiger partial charge in [-0.15, -0.1) is 0 Å². The fraction of sp³-hybridized carbons (Fsp3) is 0.543. The summed E-state index contributed by atoms with van der Waals surface area (Å²) in [5.74, 6) is 1.36. The number of nitrogens with zero attached hydrogens (tertiary/aromatic N) is 1. The summed E-state index contributed by atoms with van der Waals surface area (Å²) in [6, 6.07) is 20.7. The maximum absolute atomic E-state index is 14.0. The number of likely N-dealkylation sites (tertiary alicyclic amines) is 1. The number of piperidine rings is 1. The minimum atomic E-state index is -0.222. The summed E-state index contributed by atoms with van der Waals surface area (Å²) in [5.41, 5.74) is 2.26. The Morgan fingerprint density at radius 3 is 2.26 bits per heavy atom. The molecule has 0 unspecified atom stereocenters. The van der Waals surface area contributed by atoms with Crippen LogP contribution in [0.2, 0.25) is 0 Å². The van der Waals surface area contributed by atoms with E-state index in [1.54, 1.807) is 0 Å². The van der Waals surface area contributed by atoms with E-state index in [-0.39, 0.29) is 24.3 Å². The van der Waals surface area contributed by atoms with Gasteiger partial charge in [-0.1, -0.05) is 120 Å². The molecule has 0 spiro atoms. The Bertz CT molecular complexity index is 903. The molecule has 39 heavy (non-hydrogen) atoms. The number of unbranched alkanes of at least 4 members (excludes halogenated alkanes) is 3. The van der Waals surface area contributed by atoms with E-state index >= 15 is 0 Å². The standard InChI is InChI=1S/C35H50NO3/c1-4-7-11-23-32-26-25-30(20-8-5-2)33(24-16-27-38-28-29-18-12-9-13-19-29)36(32)35(37)39-34(17-6-3)31-21-14-10-15-22-31/h9-10,12-15,18-19,21-22,25-26,32-34H,4-8,11,16-17,20,23-24,27-28H2,1-3H3/t32-,33+,34+/m1/s1. The summed E-state index contributed by atoms with van der Waals surface area (Å²) in [4.78, 5) is 16.1. The fourth-order valence-corrected chi connectivity index (χ4v) is 5.45. The van der Waals surface area contributed by atoms with Gasteiger partial charge in [-0.3, -0.25) is 0 Å². The van der Waals surface area contributed by atoms with Crippen LogP contribution in [0.1, 0.15) is 109 Å². The minimum Gasteiger partial charge on any atom is -0.441 e. The van der Waals surface area contributed by atoms with E-state index in [1.807, 2.05) is 36.4 Å². The number of hydrogen-bond acceptors (Lipinski definition) is 3. The highest BCUT2D eigenvalue weighted by Crippen LogP contribution is 2.38. The number of amides is 1. The molecule has 1 saturated heterocycles. The second-order valence-electron chi connectivity index (χ2n) is 10.8. The van der Waals surface area contributed by atoms with E-state index in [1.165, 1.54) is 24.3 Å². The predicted octanol–water partition coefficient (Wildman–Crippen LogP) is 9.47. The first kappa shape index (κ1) is 31.2. The lowest BCUT2D eigenvalue weighted by Crippen LogP contribution is -2.54. The van der Waals surface area contributed by atoms with Gasteiger partial charge in [-0.05, 0) is 56.1 Å². The first-order chi connectivity index (χ1) is 19.2. The van der Waals surface area contributed by atoms with Gasteiger partial charge >= 0.3 is 6.09 Å². The Morgan fingerprint density at radius 1 is 0.846 bits per heavy atom. The van der Waals surface area contributed by atoms with Crippen molar-refractivity contribution in [3.63, 3.8) is 0 Å². The normalized spacial score (nSPS) is 18.7. The van der Waals surface area contributed by atoms with Gasteiger partial charge in [0.25, 0.3) is 0 Å². The van der Waals surface area contributed by atoms with Gasteiger partial charge in [0, 0.05) is 24.6 Å². The fourth-order valence-electron chi connectivity index (χ4n) is 5.45. The van der Waals surface area contributed by atoms with Crippen LogP contribution in [-0.4, -0.2) is 29.7 Å². The minimum absolute atomic E-state index is 0.0547. The van der Waals surface area contributed by atoms with Gasteiger partial charge in [-0.25, -0.2) is 4.79 Å². The quantitative estimate of drug-likeness (QED) is 0.190. The summed E-state index contributed by atoms with van der Waals surface area (Å²) >= 11 is 0. The van der Waals surface area contributed by atoms with Crippen LogP contribution in [0, 0.1) is 18.8 Å². The van der Waals surface area contributed by atoms with Crippen molar-refractivity contribution in [1.82, 2.24) is 4.90 Å². The molecule has 3 rings (SSSR count). The number of rotatable bonds is 17. The van der Waals surface area contributed by atoms with Crippen molar-refractivity contribution < 1.29 is 14.3 Å². The van der Waals surface area contributed by atoms with Crippen molar-refractivity contribution in [2.24, 2.45) is 0 Å². The monoisotopic (exact) mass is 532 g/mol. The molecule has 4 heteroatoms. The highest BCUT2D eigenvalue weighted by atomic mass is 16.6. The summed E-state index contributed by atoms with van der Waals surface area (Å²) in [7, 11) is 0. The number of carbonyl (C=O) groups is 1. The van der Waals surface area contributed by atoms with E-state index in [2.05, 4.69) is 62.8 Å². The molecule has 2 aromatic carbocycles. The van der Waals surface area contributed by atoms with Crippen molar-refractivity contribution in [2.75, 3.05) is 6.61 Å². The molecule has 0 N–H and O–H groups in total. The molecule has 4 nitrogen and oxygen atoms in total. The molecule has 213 valence electrons. The molecule has 0 aromatic heterocycles. The van der Waals surface area contributed by atoms with Crippen LogP contribution in [0.25, 0.3) is 0 Å². The van der Waals surface area contributed by atoms with E-state index in [9.17, 15) is 4.79 Å². The van der Waals surface area contributed by atoms with Crippen molar-refractivity contribution in [1.29, 1.82) is 0 Å². The zero-order valence-corrected chi connectivity index (χ0v) is 24.5. The molecular weight excluding hydrogens is 482 g/mol. The number of ether oxygens (including phenoxy) is 2. The Balaban J connectivity index is 1.74. The van der Waals surface area contributed by atoms with E-state index in [0.29, 0.717) is 13.2 Å². The Hall–Kier alpha value is -2.33. The Labute approximate surface area is 238 Å². The van der Waals surface area contributed by atoms with Crippen LogP contribution < -0.4 is 0 Å². The molecular formula is C35H50NO3. The zero-order valence-electron chi connectivity index (χ0n) is 24.5. The third-order valence-electron chi connectivity index (χ3n) is 7.63. The van der Waals surface area contributed by atoms with Crippen LogP contribution in [0.3, 0.4) is 0 Å². The summed E-state index contributed by atoms with van der Waals surface area (Å²) < 4.78 is 12.4. The van der Waals surface area contributed by atoms with E-state index < -0.39 is 0 Å². The zero-order chi connectivity index (χ0) is 27.7. The predicted molar refractivity (Wildman–Crippen MR) is 161 cm³/mol. The third-order valence-corrected chi connectivity index (χ3v) is 7.63. The second kappa shape index (κ2) is 18.1. The van der Waals surface area contributed by atoms with Crippen LogP contribution in [0.15, 0.2) is 60.7 Å². The SMILES string of the molecule is CCCCC[C@@H]1[CH][CH][C](CCCC)[C@H](CCCOCc2ccccc2)N1C(=O)O[C@@H](CCC)c1ccccc1. The maximum atomic E-state index is 14.0. The smallest absolute Gasteiger partial charge is 0.410 e. The van der Waals surface area contributed by atoms with Crippen molar-refractivity contribution in [2.45, 2.75) is 116 Å². The largest absolute Gasteiger partial charge is 0.441 e. The lowest BCUT2D eigenvalue weighted by Gasteiger charge is -2.46. The van der Waals surface area contributed by atoms with Crippen molar-refractivity contribution in [3.05, 3.63) is 90.6 Å².